The molecule has 3 atom stereocenters. The van der Waals surface area contributed by atoms with Gasteiger partial charge in [0.1, 0.15) is 0 Å². The van der Waals surface area contributed by atoms with Crippen molar-refractivity contribution in [1.29, 1.82) is 0 Å². The molecule has 2 rings (SSSR count). The van der Waals surface area contributed by atoms with Gasteiger partial charge in [-0.2, -0.15) is 0 Å². The summed E-state index contributed by atoms with van der Waals surface area (Å²) >= 11 is 0. The van der Waals surface area contributed by atoms with Crippen LogP contribution in [0.5, 0.6) is 0 Å². The third-order valence-corrected chi connectivity index (χ3v) is 4.34. The van der Waals surface area contributed by atoms with Crippen molar-refractivity contribution in [3.63, 3.8) is 0 Å². The molecule has 2 fully saturated rings. The molecule has 2 aliphatic rings. The number of ether oxygens (including phenoxy) is 1. The highest BCUT2D eigenvalue weighted by Gasteiger charge is 2.33. The second kappa shape index (κ2) is 7.20. The van der Waals surface area contributed by atoms with Gasteiger partial charge in [-0.1, -0.05) is 0 Å². The molecule has 7 heteroatoms. The van der Waals surface area contributed by atoms with E-state index >= 15 is 0 Å². The number of primary amides is 1. The lowest BCUT2D eigenvalue weighted by Crippen LogP contribution is -2.50. The van der Waals surface area contributed by atoms with Crippen LogP contribution in [0.25, 0.3) is 0 Å². The molecule has 2 aliphatic heterocycles. The lowest BCUT2D eigenvalue weighted by atomic mass is 9.98. The van der Waals surface area contributed by atoms with Crippen molar-refractivity contribution in [1.82, 2.24) is 9.80 Å². The second-order valence-corrected chi connectivity index (χ2v) is 5.86. The maximum atomic E-state index is 11.3. The summed E-state index contributed by atoms with van der Waals surface area (Å²) in [6.45, 7) is 5.74. The van der Waals surface area contributed by atoms with Crippen LogP contribution in [0.3, 0.4) is 0 Å². The van der Waals surface area contributed by atoms with Crippen LogP contribution < -0.4 is 5.73 Å². The monoisotopic (exact) mass is 299 g/mol. The first-order chi connectivity index (χ1) is 9.97. The van der Waals surface area contributed by atoms with Gasteiger partial charge in [0.25, 0.3) is 0 Å². The Morgan fingerprint density at radius 3 is 2.48 bits per heavy atom. The molecule has 0 aromatic carbocycles. The molecule has 0 bridgehead atoms. The van der Waals surface area contributed by atoms with Crippen molar-refractivity contribution >= 4 is 11.8 Å². The molecule has 0 radical (unpaired) electrons. The molecule has 0 aromatic heterocycles. The molecule has 0 unspecified atom stereocenters. The fraction of sp³-hybridized carbons (Fsp3) is 0.857. The minimum Gasteiger partial charge on any atom is -0.390 e. The third-order valence-electron chi connectivity index (χ3n) is 4.34. The van der Waals surface area contributed by atoms with Gasteiger partial charge >= 0.3 is 0 Å². The average Bonchev–Trinajstić information content (AvgIpc) is 2.46. The molecule has 0 aromatic rings. The highest BCUT2D eigenvalue weighted by Crippen LogP contribution is 2.22. The summed E-state index contributed by atoms with van der Waals surface area (Å²) in [7, 11) is 0. The predicted molar refractivity (Wildman–Crippen MR) is 76.4 cm³/mol. The largest absolute Gasteiger partial charge is 0.390 e. The Bertz CT molecular complexity index is 382. The minimum atomic E-state index is -0.877. The number of amides is 2. The maximum absolute atomic E-state index is 11.3. The molecule has 0 aliphatic carbocycles. The van der Waals surface area contributed by atoms with E-state index in [0.717, 1.165) is 45.6 Å². The number of aliphatic hydroxyl groups is 1. The van der Waals surface area contributed by atoms with E-state index in [2.05, 4.69) is 4.90 Å². The summed E-state index contributed by atoms with van der Waals surface area (Å²) in [6.07, 6.45) is 0.429. The fourth-order valence-electron chi connectivity index (χ4n) is 2.96. The Morgan fingerprint density at radius 2 is 1.90 bits per heavy atom. The summed E-state index contributed by atoms with van der Waals surface area (Å²) in [5.41, 5.74) is 5.23. The molecule has 0 saturated carbocycles. The average molecular weight is 299 g/mol. The zero-order chi connectivity index (χ0) is 15.4. The quantitative estimate of drug-likeness (QED) is 0.689. The van der Waals surface area contributed by atoms with Gasteiger partial charge in [0, 0.05) is 39.6 Å². The van der Waals surface area contributed by atoms with Crippen molar-refractivity contribution in [3.8, 4) is 0 Å². The Hall–Kier alpha value is -1.18. The molecule has 0 spiro atoms. The predicted octanol–water partition coefficient (Wildman–Crippen LogP) is -1.07. The van der Waals surface area contributed by atoms with Crippen molar-refractivity contribution in [2.24, 2.45) is 5.73 Å². The molecule has 2 heterocycles. The fourth-order valence-corrected chi connectivity index (χ4v) is 2.96. The van der Waals surface area contributed by atoms with Gasteiger partial charge in [0.05, 0.1) is 12.2 Å². The summed E-state index contributed by atoms with van der Waals surface area (Å²) in [6, 6.07) is 0. The summed E-state index contributed by atoms with van der Waals surface area (Å²) in [5.74, 6) is -0.467. The number of rotatable bonds is 4. The second-order valence-electron chi connectivity index (χ2n) is 5.86. The summed E-state index contributed by atoms with van der Waals surface area (Å²) < 4.78 is 5.59. The number of piperazine rings is 1. The molecule has 21 heavy (non-hydrogen) atoms. The summed E-state index contributed by atoms with van der Waals surface area (Å²) in [4.78, 5) is 26.6. The number of hydrogen-bond donors (Lipinski definition) is 2. The zero-order valence-corrected chi connectivity index (χ0v) is 12.5. The summed E-state index contributed by atoms with van der Waals surface area (Å²) in [5, 5.41) is 9.68. The van der Waals surface area contributed by atoms with Crippen LogP contribution in [0.2, 0.25) is 0 Å². The van der Waals surface area contributed by atoms with E-state index in [-0.39, 0.29) is 12.0 Å². The Morgan fingerprint density at radius 1 is 1.24 bits per heavy atom. The van der Waals surface area contributed by atoms with Gasteiger partial charge in [0.15, 0.2) is 6.10 Å². The van der Waals surface area contributed by atoms with Crippen LogP contribution in [-0.2, 0) is 14.3 Å². The Kier molecular flexibility index (Phi) is 5.55. The first-order valence-electron chi connectivity index (χ1n) is 7.58. The molecular weight excluding hydrogens is 274 g/mol. The SMILES string of the molecule is CC(=O)N1CCN(CC[C@@H]2CC[C@H](O)[C@@H](C(N)=O)O2)CC1. The van der Waals surface area contributed by atoms with Gasteiger partial charge in [0.2, 0.25) is 11.8 Å². The van der Waals surface area contributed by atoms with Crippen LogP contribution >= 0.6 is 0 Å². The van der Waals surface area contributed by atoms with Gasteiger partial charge in [-0.3, -0.25) is 14.5 Å². The highest BCUT2D eigenvalue weighted by molar-refractivity contribution is 5.79. The van der Waals surface area contributed by atoms with Crippen molar-refractivity contribution in [2.75, 3.05) is 32.7 Å². The van der Waals surface area contributed by atoms with E-state index in [0.29, 0.717) is 6.42 Å². The Balaban J connectivity index is 1.72. The van der Waals surface area contributed by atoms with Gasteiger partial charge < -0.3 is 20.5 Å². The van der Waals surface area contributed by atoms with E-state index in [1.165, 1.54) is 0 Å². The number of hydrogen-bond acceptors (Lipinski definition) is 5. The molecular formula is C14H25N3O4. The maximum Gasteiger partial charge on any atom is 0.249 e. The van der Waals surface area contributed by atoms with Crippen LogP contribution in [0.4, 0.5) is 0 Å². The highest BCUT2D eigenvalue weighted by atomic mass is 16.5. The van der Waals surface area contributed by atoms with Gasteiger partial charge in [-0.05, 0) is 19.3 Å². The normalized spacial score (nSPS) is 31.1. The smallest absolute Gasteiger partial charge is 0.249 e. The third kappa shape index (κ3) is 4.39. The van der Waals surface area contributed by atoms with Crippen molar-refractivity contribution in [2.45, 2.75) is 44.5 Å². The lowest BCUT2D eigenvalue weighted by Gasteiger charge is -2.36. The van der Waals surface area contributed by atoms with E-state index in [9.17, 15) is 14.7 Å². The lowest BCUT2D eigenvalue weighted by molar-refractivity contribution is -0.155. The molecule has 7 nitrogen and oxygen atoms in total. The zero-order valence-electron chi connectivity index (χ0n) is 12.5. The number of nitrogens with two attached hydrogens (primary N) is 1. The van der Waals surface area contributed by atoms with Crippen LogP contribution in [0, 0.1) is 0 Å². The first-order valence-corrected chi connectivity index (χ1v) is 7.58. The standard InChI is InChI=1S/C14H25N3O4/c1-10(18)17-8-6-16(7-9-17)5-4-11-2-3-12(19)13(21-11)14(15)20/h11-13,19H,2-9H2,1H3,(H2,15,20)/t11-,12-,13-/m0/s1. The van der Waals surface area contributed by atoms with Gasteiger partial charge in [-0.25, -0.2) is 0 Å². The van der Waals surface area contributed by atoms with Crippen molar-refractivity contribution in [3.05, 3.63) is 0 Å². The van der Waals surface area contributed by atoms with E-state index < -0.39 is 18.1 Å². The molecule has 2 amide bonds. The Labute approximate surface area is 125 Å². The van der Waals surface area contributed by atoms with E-state index in [1.54, 1.807) is 6.92 Å². The molecule has 120 valence electrons. The topological polar surface area (TPSA) is 96.1 Å². The van der Waals surface area contributed by atoms with E-state index in [4.69, 9.17) is 10.5 Å². The van der Waals surface area contributed by atoms with Crippen LogP contribution in [0.1, 0.15) is 26.2 Å². The number of carbonyl (C=O) groups is 2. The van der Waals surface area contributed by atoms with E-state index in [1.807, 2.05) is 4.90 Å². The first kappa shape index (κ1) is 16.2. The van der Waals surface area contributed by atoms with Crippen molar-refractivity contribution < 1.29 is 19.4 Å². The number of nitrogens with zero attached hydrogens (tertiary/aromatic N) is 2. The molecule has 2 saturated heterocycles. The molecule has 3 N–H and O–H groups in total. The van der Waals surface area contributed by atoms with Gasteiger partial charge in [-0.15, -0.1) is 0 Å². The number of carbonyl (C=O) groups excluding carboxylic acids is 2. The van der Waals surface area contributed by atoms with Crippen LogP contribution in [0.15, 0.2) is 0 Å². The minimum absolute atomic E-state index is 0.0308. The number of aliphatic hydroxyl groups excluding tert-OH is 1. The van der Waals surface area contributed by atoms with Crippen LogP contribution in [-0.4, -0.2) is 77.8 Å².